The monoisotopic (exact) mass is 436 g/mol. The molecule has 0 aromatic heterocycles. The van der Waals surface area contributed by atoms with E-state index in [1.54, 1.807) is 0 Å². The normalized spacial score (nSPS) is 21.1. The van der Waals surface area contributed by atoms with Crippen molar-refractivity contribution in [3.63, 3.8) is 0 Å². The minimum Gasteiger partial charge on any atom is -0.494 e. The number of aryl methyl sites for hydroxylation is 2. The van der Waals surface area contributed by atoms with E-state index in [4.69, 9.17) is 4.74 Å². The molecule has 1 amide bonds. The third-order valence-corrected chi connectivity index (χ3v) is 6.55. The molecule has 2 saturated heterocycles. The molecule has 0 spiro atoms. The number of hydrogen-bond acceptors (Lipinski definition) is 5. The van der Waals surface area contributed by atoms with Crippen LogP contribution in [0.15, 0.2) is 42.5 Å². The SMILES string of the molecule is CCCCOc1ccc(C2CC(C(=O)N3CCN(c4cc(C)ccc4C)CC3)NN2)cc1. The van der Waals surface area contributed by atoms with Crippen molar-refractivity contribution in [2.24, 2.45) is 0 Å². The predicted octanol–water partition coefficient (Wildman–Crippen LogP) is 3.74. The summed E-state index contributed by atoms with van der Waals surface area (Å²) in [5.74, 6) is 1.10. The lowest BCUT2D eigenvalue weighted by molar-refractivity contribution is -0.133. The standard InChI is InChI=1S/C26H36N4O2/c1-4-5-16-32-22-10-8-21(9-11-22)23-18-24(28-27-23)26(31)30-14-12-29(13-15-30)25-17-19(2)6-7-20(25)3/h6-11,17,23-24,27-28H,4-5,12-16,18H2,1-3H3. The van der Waals surface area contributed by atoms with Gasteiger partial charge in [-0.15, -0.1) is 0 Å². The first-order valence-corrected chi connectivity index (χ1v) is 11.9. The molecule has 2 N–H and O–H groups in total. The summed E-state index contributed by atoms with van der Waals surface area (Å²) in [7, 11) is 0. The van der Waals surface area contributed by atoms with Crippen LogP contribution in [-0.2, 0) is 4.79 Å². The van der Waals surface area contributed by atoms with Crippen LogP contribution < -0.4 is 20.5 Å². The van der Waals surface area contributed by atoms with E-state index < -0.39 is 0 Å². The lowest BCUT2D eigenvalue weighted by Crippen LogP contribution is -2.53. The number of nitrogens with zero attached hydrogens (tertiary/aromatic N) is 2. The zero-order valence-electron chi connectivity index (χ0n) is 19.6. The number of rotatable bonds is 7. The quantitative estimate of drug-likeness (QED) is 0.648. The number of carbonyl (C=O) groups is 1. The molecule has 4 rings (SSSR count). The van der Waals surface area contributed by atoms with E-state index in [1.165, 1.54) is 22.4 Å². The molecular weight excluding hydrogens is 400 g/mol. The van der Waals surface area contributed by atoms with Gasteiger partial charge in [-0.3, -0.25) is 4.79 Å². The Morgan fingerprint density at radius 1 is 1.03 bits per heavy atom. The Kier molecular flexibility index (Phi) is 7.33. The fourth-order valence-electron chi connectivity index (χ4n) is 4.52. The number of nitrogens with one attached hydrogen (secondary N) is 2. The lowest BCUT2D eigenvalue weighted by Gasteiger charge is -2.37. The van der Waals surface area contributed by atoms with Gasteiger partial charge < -0.3 is 14.5 Å². The second kappa shape index (κ2) is 10.4. The van der Waals surface area contributed by atoms with Crippen LogP contribution in [0, 0.1) is 13.8 Å². The average Bonchev–Trinajstić information content (AvgIpc) is 3.31. The number of hydrazine groups is 1. The summed E-state index contributed by atoms with van der Waals surface area (Å²) in [5, 5.41) is 0. The third-order valence-electron chi connectivity index (χ3n) is 6.55. The molecule has 2 unspecified atom stereocenters. The molecule has 32 heavy (non-hydrogen) atoms. The smallest absolute Gasteiger partial charge is 0.241 e. The molecule has 2 atom stereocenters. The predicted molar refractivity (Wildman–Crippen MR) is 129 cm³/mol. The van der Waals surface area contributed by atoms with Gasteiger partial charge in [0.1, 0.15) is 11.8 Å². The zero-order chi connectivity index (χ0) is 22.5. The van der Waals surface area contributed by atoms with Gasteiger partial charge in [-0.25, -0.2) is 10.9 Å². The Labute approximate surface area is 191 Å². The highest BCUT2D eigenvalue weighted by Crippen LogP contribution is 2.26. The van der Waals surface area contributed by atoms with E-state index in [9.17, 15) is 4.79 Å². The number of anilines is 1. The van der Waals surface area contributed by atoms with E-state index in [2.05, 4.69) is 66.9 Å². The number of amides is 1. The van der Waals surface area contributed by atoms with Crippen molar-refractivity contribution in [2.45, 2.75) is 52.1 Å². The highest BCUT2D eigenvalue weighted by Gasteiger charge is 2.34. The van der Waals surface area contributed by atoms with Gasteiger partial charge in [-0.2, -0.15) is 0 Å². The number of benzene rings is 2. The Morgan fingerprint density at radius 3 is 2.50 bits per heavy atom. The molecule has 0 radical (unpaired) electrons. The van der Waals surface area contributed by atoms with E-state index in [1.807, 2.05) is 17.0 Å². The molecule has 2 aromatic carbocycles. The molecule has 172 valence electrons. The molecule has 2 aromatic rings. The van der Waals surface area contributed by atoms with E-state index >= 15 is 0 Å². The molecule has 2 aliphatic heterocycles. The molecule has 2 heterocycles. The van der Waals surface area contributed by atoms with Crippen molar-refractivity contribution < 1.29 is 9.53 Å². The van der Waals surface area contributed by atoms with Gasteiger partial charge >= 0.3 is 0 Å². The second-order valence-corrected chi connectivity index (χ2v) is 9.00. The van der Waals surface area contributed by atoms with Crippen LogP contribution >= 0.6 is 0 Å². The topological polar surface area (TPSA) is 56.8 Å². The van der Waals surface area contributed by atoms with Gasteiger partial charge in [0.25, 0.3) is 0 Å². The molecule has 0 bridgehead atoms. The van der Waals surface area contributed by atoms with Crippen LogP contribution in [0.3, 0.4) is 0 Å². The van der Waals surface area contributed by atoms with Crippen molar-refractivity contribution in [1.29, 1.82) is 0 Å². The number of piperazine rings is 1. The van der Waals surface area contributed by atoms with Crippen LogP contribution in [0.2, 0.25) is 0 Å². The average molecular weight is 437 g/mol. The summed E-state index contributed by atoms with van der Waals surface area (Å²) in [6.07, 6.45) is 2.95. The van der Waals surface area contributed by atoms with Crippen LogP contribution in [0.25, 0.3) is 0 Å². The molecule has 2 fully saturated rings. The fourth-order valence-corrected chi connectivity index (χ4v) is 4.52. The fraction of sp³-hybridized carbons (Fsp3) is 0.500. The van der Waals surface area contributed by atoms with Crippen LogP contribution in [0.1, 0.15) is 48.9 Å². The van der Waals surface area contributed by atoms with Crippen molar-refractivity contribution in [1.82, 2.24) is 15.8 Å². The summed E-state index contributed by atoms with van der Waals surface area (Å²) >= 11 is 0. The van der Waals surface area contributed by atoms with Crippen molar-refractivity contribution in [2.75, 3.05) is 37.7 Å². The van der Waals surface area contributed by atoms with Gasteiger partial charge in [0.15, 0.2) is 0 Å². The van der Waals surface area contributed by atoms with Gasteiger partial charge in [0.2, 0.25) is 5.91 Å². The van der Waals surface area contributed by atoms with Crippen LogP contribution in [0.4, 0.5) is 5.69 Å². The second-order valence-electron chi connectivity index (χ2n) is 9.00. The minimum absolute atomic E-state index is 0.130. The lowest BCUT2D eigenvalue weighted by atomic mass is 10.0. The Bertz CT molecular complexity index is 907. The summed E-state index contributed by atoms with van der Waals surface area (Å²) in [4.78, 5) is 17.5. The first-order chi connectivity index (χ1) is 15.5. The Balaban J connectivity index is 1.28. The molecule has 0 saturated carbocycles. The third kappa shape index (κ3) is 5.25. The largest absolute Gasteiger partial charge is 0.494 e. The summed E-state index contributed by atoms with van der Waals surface area (Å²) in [6.45, 7) is 10.5. The molecule has 2 aliphatic rings. The Morgan fingerprint density at radius 2 is 1.78 bits per heavy atom. The molecule has 0 aliphatic carbocycles. The summed E-state index contributed by atoms with van der Waals surface area (Å²) in [5.41, 5.74) is 11.6. The van der Waals surface area contributed by atoms with Gasteiger partial charge in [-0.05, 0) is 61.6 Å². The first-order valence-electron chi connectivity index (χ1n) is 11.9. The minimum atomic E-state index is -0.187. The highest BCUT2D eigenvalue weighted by molar-refractivity contribution is 5.82. The van der Waals surface area contributed by atoms with E-state index in [0.29, 0.717) is 0 Å². The number of hydrogen-bond donors (Lipinski definition) is 2. The number of ether oxygens (including phenoxy) is 1. The molecular formula is C26H36N4O2. The van der Waals surface area contributed by atoms with E-state index in [0.717, 1.165) is 57.8 Å². The maximum absolute atomic E-state index is 13.1. The molecule has 6 heteroatoms. The highest BCUT2D eigenvalue weighted by atomic mass is 16.5. The summed E-state index contributed by atoms with van der Waals surface area (Å²) < 4.78 is 5.76. The number of carbonyl (C=O) groups excluding carboxylic acids is 1. The molecule has 6 nitrogen and oxygen atoms in total. The van der Waals surface area contributed by atoms with E-state index in [-0.39, 0.29) is 18.0 Å². The zero-order valence-corrected chi connectivity index (χ0v) is 19.6. The number of unbranched alkanes of at least 4 members (excludes halogenated alkanes) is 1. The van der Waals surface area contributed by atoms with Gasteiger partial charge in [0.05, 0.1) is 6.61 Å². The maximum Gasteiger partial charge on any atom is 0.241 e. The first kappa shape index (κ1) is 22.6. The van der Waals surface area contributed by atoms with Gasteiger partial charge in [-0.1, -0.05) is 37.6 Å². The maximum atomic E-state index is 13.1. The van der Waals surface area contributed by atoms with Crippen molar-refractivity contribution >= 4 is 11.6 Å². The van der Waals surface area contributed by atoms with Crippen molar-refractivity contribution in [3.05, 3.63) is 59.2 Å². The van der Waals surface area contributed by atoms with Gasteiger partial charge in [0, 0.05) is 37.9 Å². The van der Waals surface area contributed by atoms with Crippen molar-refractivity contribution in [3.8, 4) is 5.75 Å². The Hall–Kier alpha value is -2.57. The summed E-state index contributed by atoms with van der Waals surface area (Å²) in [6, 6.07) is 14.8. The van der Waals surface area contributed by atoms with Crippen LogP contribution in [0.5, 0.6) is 5.75 Å². The van der Waals surface area contributed by atoms with Crippen LogP contribution in [-0.4, -0.2) is 49.6 Å².